The van der Waals surface area contributed by atoms with Crippen molar-refractivity contribution >= 4 is 11.7 Å². The summed E-state index contributed by atoms with van der Waals surface area (Å²) in [5, 5.41) is 3.00. The van der Waals surface area contributed by atoms with Gasteiger partial charge < -0.3 is 10.1 Å². The summed E-state index contributed by atoms with van der Waals surface area (Å²) in [6.07, 6.45) is 0.357. The van der Waals surface area contributed by atoms with E-state index in [1.54, 1.807) is 31.4 Å². The highest BCUT2D eigenvalue weighted by atomic mass is 16.5. The number of methoxy groups -OCH3 is 1. The molecule has 150 valence electrons. The molecule has 1 amide bonds. The number of likely N-dealkylation sites (N-methyl/N-ethyl adjacent to an activating group) is 1. The molecule has 0 saturated carbocycles. The molecule has 5 heteroatoms. The molecule has 2 rings (SSSR count). The van der Waals surface area contributed by atoms with E-state index in [2.05, 4.69) is 36.2 Å². The molecule has 1 unspecified atom stereocenters. The number of ether oxygens (including phenoxy) is 1. The maximum Gasteiger partial charge on any atom is 0.220 e. The first-order chi connectivity index (χ1) is 13.6. The molecule has 0 aliphatic carbocycles. The van der Waals surface area contributed by atoms with E-state index in [1.807, 2.05) is 18.2 Å². The molecule has 0 aliphatic rings. The van der Waals surface area contributed by atoms with Gasteiger partial charge in [-0.1, -0.05) is 56.3 Å². The first kappa shape index (κ1) is 21.6. The summed E-state index contributed by atoms with van der Waals surface area (Å²) in [4.78, 5) is 27.0. The Balaban J connectivity index is 1.91. The van der Waals surface area contributed by atoms with Crippen LogP contribution in [-0.4, -0.2) is 43.3 Å². The maximum atomic E-state index is 12.3. The van der Waals surface area contributed by atoms with Gasteiger partial charge in [0.1, 0.15) is 5.75 Å². The van der Waals surface area contributed by atoms with Crippen LogP contribution in [0.25, 0.3) is 0 Å². The first-order valence-corrected chi connectivity index (χ1v) is 9.82. The number of ketones is 1. The zero-order valence-corrected chi connectivity index (χ0v) is 17.0. The van der Waals surface area contributed by atoms with Crippen molar-refractivity contribution in [3.8, 4) is 5.75 Å². The van der Waals surface area contributed by atoms with Gasteiger partial charge in [-0.2, -0.15) is 0 Å². The lowest BCUT2D eigenvalue weighted by atomic mass is 10.0. The molecular formula is C23H30N2O3. The molecule has 0 fully saturated rings. The number of carbonyl (C=O) groups excluding carboxylic acids is 2. The van der Waals surface area contributed by atoms with E-state index in [4.69, 9.17) is 4.74 Å². The number of rotatable bonds is 11. The highest BCUT2D eigenvalue weighted by molar-refractivity contribution is 5.98. The average molecular weight is 383 g/mol. The van der Waals surface area contributed by atoms with Crippen molar-refractivity contribution in [1.29, 1.82) is 0 Å². The molecule has 0 aromatic heterocycles. The zero-order valence-electron chi connectivity index (χ0n) is 17.0. The second-order valence-electron chi connectivity index (χ2n) is 6.61. The van der Waals surface area contributed by atoms with Crippen LogP contribution in [0.2, 0.25) is 0 Å². The van der Waals surface area contributed by atoms with Crippen LogP contribution in [0.4, 0.5) is 0 Å². The van der Waals surface area contributed by atoms with E-state index >= 15 is 0 Å². The van der Waals surface area contributed by atoms with Crippen LogP contribution in [0, 0.1) is 0 Å². The van der Waals surface area contributed by atoms with Crippen LogP contribution in [0.15, 0.2) is 54.6 Å². The molecule has 0 bridgehead atoms. The van der Waals surface area contributed by atoms with Gasteiger partial charge in [0.25, 0.3) is 0 Å². The number of nitrogens with one attached hydrogen (secondary N) is 1. The predicted octanol–water partition coefficient (Wildman–Crippen LogP) is 3.86. The second-order valence-corrected chi connectivity index (χ2v) is 6.61. The topological polar surface area (TPSA) is 58.6 Å². The molecule has 0 saturated heterocycles. The number of hydrogen-bond donors (Lipinski definition) is 1. The SMILES string of the molecule is CCN(CC)C(CNC(=O)CCC(=O)c1cccc(OC)c1)c1ccccc1. The summed E-state index contributed by atoms with van der Waals surface area (Å²) in [6.45, 7) is 6.57. The van der Waals surface area contributed by atoms with Crippen molar-refractivity contribution < 1.29 is 14.3 Å². The van der Waals surface area contributed by atoms with Gasteiger partial charge in [-0.15, -0.1) is 0 Å². The van der Waals surface area contributed by atoms with Crippen molar-refractivity contribution in [2.45, 2.75) is 32.7 Å². The van der Waals surface area contributed by atoms with Gasteiger partial charge >= 0.3 is 0 Å². The number of hydrogen-bond acceptors (Lipinski definition) is 4. The summed E-state index contributed by atoms with van der Waals surface area (Å²) in [7, 11) is 1.57. The van der Waals surface area contributed by atoms with Crippen molar-refractivity contribution in [2.24, 2.45) is 0 Å². The molecule has 0 aliphatic heterocycles. The third kappa shape index (κ3) is 6.20. The normalized spacial score (nSPS) is 11.9. The third-order valence-electron chi connectivity index (χ3n) is 4.90. The van der Waals surface area contributed by atoms with E-state index in [1.165, 1.54) is 5.56 Å². The van der Waals surface area contributed by atoms with E-state index in [0.717, 1.165) is 13.1 Å². The lowest BCUT2D eigenvalue weighted by Gasteiger charge is -2.30. The van der Waals surface area contributed by atoms with Gasteiger partial charge in [-0.05, 0) is 30.8 Å². The first-order valence-electron chi connectivity index (χ1n) is 9.82. The summed E-state index contributed by atoms with van der Waals surface area (Å²) < 4.78 is 5.15. The Morgan fingerprint density at radius 2 is 1.71 bits per heavy atom. The summed E-state index contributed by atoms with van der Waals surface area (Å²) in [6, 6.07) is 17.3. The van der Waals surface area contributed by atoms with Gasteiger partial charge in [0.15, 0.2) is 5.78 Å². The van der Waals surface area contributed by atoms with E-state index in [9.17, 15) is 9.59 Å². The number of nitrogens with zero attached hydrogens (tertiary/aromatic N) is 1. The Labute approximate surface area is 167 Å². The average Bonchev–Trinajstić information content (AvgIpc) is 2.75. The smallest absolute Gasteiger partial charge is 0.220 e. The monoisotopic (exact) mass is 382 g/mol. The molecule has 2 aromatic carbocycles. The second kappa shape index (κ2) is 11.2. The molecule has 0 heterocycles. The Hall–Kier alpha value is -2.66. The third-order valence-corrected chi connectivity index (χ3v) is 4.90. The molecular weight excluding hydrogens is 352 g/mol. The van der Waals surface area contributed by atoms with Crippen LogP contribution >= 0.6 is 0 Å². The van der Waals surface area contributed by atoms with Crippen LogP contribution in [0.5, 0.6) is 5.75 Å². The highest BCUT2D eigenvalue weighted by Crippen LogP contribution is 2.19. The minimum absolute atomic E-state index is 0.0580. The van der Waals surface area contributed by atoms with E-state index in [0.29, 0.717) is 17.9 Å². The zero-order chi connectivity index (χ0) is 20.4. The Morgan fingerprint density at radius 3 is 2.36 bits per heavy atom. The molecule has 1 atom stereocenters. The van der Waals surface area contributed by atoms with Crippen LogP contribution in [0.1, 0.15) is 48.7 Å². The minimum atomic E-state index is -0.107. The fraction of sp³-hybridized carbons (Fsp3) is 0.391. The Morgan fingerprint density at radius 1 is 1.00 bits per heavy atom. The molecule has 0 spiro atoms. The number of benzene rings is 2. The summed E-state index contributed by atoms with van der Waals surface area (Å²) >= 11 is 0. The van der Waals surface area contributed by atoms with E-state index in [-0.39, 0.29) is 30.6 Å². The van der Waals surface area contributed by atoms with Crippen molar-refractivity contribution in [2.75, 3.05) is 26.7 Å². The van der Waals surface area contributed by atoms with Gasteiger partial charge in [0.2, 0.25) is 5.91 Å². The lowest BCUT2D eigenvalue weighted by Crippen LogP contribution is -2.38. The van der Waals surface area contributed by atoms with Crippen LogP contribution in [0.3, 0.4) is 0 Å². The highest BCUT2D eigenvalue weighted by Gasteiger charge is 2.19. The van der Waals surface area contributed by atoms with Gasteiger partial charge in [-0.25, -0.2) is 0 Å². The maximum absolute atomic E-state index is 12.3. The van der Waals surface area contributed by atoms with Crippen LogP contribution < -0.4 is 10.1 Å². The number of carbonyl (C=O) groups is 2. The molecule has 2 aromatic rings. The Kier molecular flexibility index (Phi) is 8.69. The largest absolute Gasteiger partial charge is 0.497 e. The summed E-state index contributed by atoms with van der Waals surface area (Å²) in [5.74, 6) is 0.474. The minimum Gasteiger partial charge on any atom is -0.497 e. The lowest BCUT2D eigenvalue weighted by molar-refractivity contribution is -0.121. The van der Waals surface area contributed by atoms with Crippen molar-refractivity contribution in [3.05, 3.63) is 65.7 Å². The standard InChI is InChI=1S/C23H30N2O3/c1-4-25(5-2)21(18-10-7-6-8-11-18)17-24-23(27)15-14-22(26)19-12-9-13-20(16-19)28-3/h6-13,16,21H,4-5,14-15,17H2,1-3H3,(H,24,27). The van der Waals surface area contributed by atoms with Gasteiger partial charge in [0, 0.05) is 24.9 Å². The van der Waals surface area contributed by atoms with E-state index < -0.39 is 0 Å². The molecule has 1 N–H and O–H groups in total. The fourth-order valence-electron chi connectivity index (χ4n) is 3.26. The van der Waals surface area contributed by atoms with Crippen molar-refractivity contribution in [1.82, 2.24) is 10.2 Å². The fourth-order valence-corrected chi connectivity index (χ4v) is 3.26. The molecule has 0 radical (unpaired) electrons. The molecule has 5 nitrogen and oxygen atoms in total. The predicted molar refractivity (Wildman–Crippen MR) is 112 cm³/mol. The molecule has 28 heavy (non-hydrogen) atoms. The van der Waals surface area contributed by atoms with Gasteiger partial charge in [0.05, 0.1) is 13.2 Å². The Bertz CT molecular complexity index is 757. The van der Waals surface area contributed by atoms with Crippen LogP contribution in [-0.2, 0) is 4.79 Å². The van der Waals surface area contributed by atoms with Gasteiger partial charge in [-0.3, -0.25) is 14.5 Å². The number of Topliss-reactive ketones (excluding diaryl/α,β-unsaturated/α-hetero) is 1. The number of amides is 1. The summed E-state index contributed by atoms with van der Waals surface area (Å²) in [5.41, 5.74) is 1.75. The quantitative estimate of drug-likeness (QED) is 0.600. The van der Waals surface area contributed by atoms with Crippen molar-refractivity contribution in [3.63, 3.8) is 0 Å².